The predicted octanol–water partition coefficient (Wildman–Crippen LogP) is 3.10. The second-order valence-corrected chi connectivity index (χ2v) is 6.74. The number of hydrogen-bond donors (Lipinski definition) is 1. The zero-order valence-corrected chi connectivity index (χ0v) is 12.9. The fourth-order valence-corrected chi connectivity index (χ4v) is 3.35. The molecule has 0 saturated carbocycles. The van der Waals surface area contributed by atoms with E-state index in [1.807, 2.05) is 24.0 Å². The number of nitrogens with one attached hydrogen (secondary N) is 1. The molecule has 0 amide bonds. The normalized spacial score (nSPS) is 23.2. The van der Waals surface area contributed by atoms with E-state index in [-0.39, 0.29) is 0 Å². The van der Waals surface area contributed by atoms with Crippen molar-refractivity contribution in [3.05, 3.63) is 23.9 Å². The van der Waals surface area contributed by atoms with E-state index >= 15 is 0 Å². The molecule has 1 aliphatic rings. The summed E-state index contributed by atoms with van der Waals surface area (Å²) in [5, 5.41) is 5.19. The van der Waals surface area contributed by atoms with Gasteiger partial charge in [-0.3, -0.25) is 0 Å². The molecule has 2 heterocycles. The highest BCUT2D eigenvalue weighted by Crippen LogP contribution is 2.32. The molecule has 2 unspecified atom stereocenters. The molecule has 3 nitrogen and oxygen atoms in total. The molecule has 0 aromatic carbocycles. The van der Waals surface area contributed by atoms with Crippen LogP contribution in [0.3, 0.4) is 0 Å². The quantitative estimate of drug-likeness (QED) is 0.868. The fourth-order valence-electron chi connectivity index (χ4n) is 2.17. The first-order valence-electron chi connectivity index (χ1n) is 7.09. The van der Waals surface area contributed by atoms with Gasteiger partial charge in [0, 0.05) is 24.6 Å². The van der Waals surface area contributed by atoms with E-state index in [1.54, 1.807) is 0 Å². The van der Waals surface area contributed by atoms with Crippen molar-refractivity contribution in [2.24, 2.45) is 5.92 Å². The van der Waals surface area contributed by atoms with Crippen LogP contribution in [-0.2, 0) is 11.3 Å². The topological polar surface area (TPSA) is 34.2 Å². The van der Waals surface area contributed by atoms with Gasteiger partial charge < -0.3 is 10.1 Å². The lowest BCUT2D eigenvalue weighted by atomic mass is 10.2. The van der Waals surface area contributed by atoms with Crippen molar-refractivity contribution >= 4 is 11.8 Å². The number of hydrogen-bond acceptors (Lipinski definition) is 4. The second-order valence-electron chi connectivity index (χ2n) is 5.51. The molecule has 0 aliphatic carbocycles. The van der Waals surface area contributed by atoms with E-state index in [9.17, 15) is 0 Å². The van der Waals surface area contributed by atoms with Gasteiger partial charge in [-0.2, -0.15) is 0 Å². The van der Waals surface area contributed by atoms with Crippen molar-refractivity contribution < 1.29 is 4.74 Å². The number of thioether (sulfide) groups is 1. The third-order valence-electron chi connectivity index (χ3n) is 3.29. The largest absolute Gasteiger partial charge is 0.377 e. The summed E-state index contributed by atoms with van der Waals surface area (Å²) in [6, 6.07) is 4.19. The van der Waals surface area contributed by atoms with Crippen molar-refractivity contribution in [1.82, 2.24) is 10.3 Å². The van der Waals surface area contributed by atoms with E-state index in [0.717, 1.165) is 31.1 Å². The maximum absolute atomic E-state index is 5.63. The Morgan fingerprint density at radius 1 is 1.53 bits per heavy atom. The molecule has 1 N–H and O–H groups in total. The Labute approximate surface area is 120 Å². The number of pyridine rings is 1. The van der Waals surface area contributed by atoms with Crippen molar-refractivity contribution in [2.75, 3.05) is 13.2 Å². The fraction of sp³-hybridized carbons (Fsp3) is 0.667. The van der Waals surface area contributed by atoms with Gasteiger partial charge in [0.25, 0.3) is 0 Å². The molecule has 4 heteroatoms. The molecule has 19 heavy (non-hydrogen) atoms. The van der Waals surface area contributed by atoms with E-state index in [4.69, 9.17) is 4.74 Å². The number of rotatable bonds is 6. The molecule has 2 atom stereocenters. The molecular weight excluding hydrogens is 256 g/mol. The van der Waals surface area contributed by atoms with Gasteiger partial charge in [-0.1, -0.05) is 31.7 Å². The average Bonchev–Trinajstić information content (AvgIpc) is 2.77. The highest BCUT2D eigenvalue weighted by atomic mass is 32.2. The minimum absolute atomic E-state index is 0.337. The monoisotopic (exact) mass is 280 g/mol. The van der Waals surface area contributed by atoms with Gasteiger partial charge in [0.05, 0.1) is 6.10 Å². The summed E-state index contributed by atoms with van der Waals surface area (Å²) in [4.78, 5) is 4.54. The van der Waals surface area contributed by atoms with Gasteiger partial charge in [0.2, 0.25) is 0 Å². The van der Waals surface area contributed by atoms with Crippen molar-refractivity contribution in [1.29, 1.82) is 0 Å². The first kappa shape index (κ1) is 14.8. The SMILES string of the molecule is CC(C)CNCc1cccnc1SC1CCOC1C. The van der Waals surface area contributed by atoms with Gasteiger partial charge in [0.1, 0.15) is 5.03 Å². The molecule has 1 saturated heterocycles. The van der Waals surface area contributed by atoms with Crippen LogP contribution in [0, 0.1) is 5.92 Å². The lowest BCUT2D eigenvalue weighted by molar-refractivity contribution is 0.127. The van der Waals surface area contributed by atoms with Gasteiger partial charge >= 0.3 is 0 Å². The summed E-state index contributed by atoms with van der Waals surface area (Å²) in [5.74, 6) is 0.677. The summed E-state index contributed by atoms with van der Waals surface area (Å²) in [6.45, 7) is 9.43. The lowest BCUT2D eigenvalue weighted by Gasteiger charge is -2.16. The minimum atomic E-state index is 0.337. The number of aromatic nitrogens is 1. The van der Waals surface area contributed by atoms with Crippen LogP contribution >= 0.6 is 11.8 Å². The van der Waals surface area contributed by atoms with Gasteiger partial charge in [-0.25, -0.2) is 4.98 Å². The van der Waals surface area contributed by atoms with Crippen LogP contribution in [0.25, 0.3) is 0 Å². The third-order valence-corrected chi connectivity index (χ3v) is 4.80. The Morgan fingerprint density at radius 2 is 2.37 bits per heavy atom. The maximum atomic E-state index is 5.63. The maximum Gasteiger partial charge on any atom is 0.101 e. The van der Waals surface area contributed by atoms with Crippen molar-refractivity contribution in [2.45, 2.75) is 50.1 Å². The molecule has 0 spiro atoms. The highest BCUT2D eigenvalue weighted by Gasteiger charge is 2.26. The van der Waals surface area contributed by atoms with E-state index in [0.29, 0.717) is 17.3 Å². The molecule has 1 aliphatic heterocycles. The van der Waals surface area contributed by atoms with Crippen molar-refractivity contribution in [3.63, 3.8) is 0 Å². The Kier molecular flexibility index (Phi) is 5.67. The summed E-state index contributed by atoms with van der Waals surface area (Å²) < 4.78 is 5.63. The zero-order valence-electron chi connectivity index (χ0n) is 12.1. The highest BCUT2D eigenvalue weighted by molar-refractivity contribution is 8.00. The van der Waals surface area contributed by atoms with Crippen LogP contribution in [0.15, 0.2) is 23.4 Å². The molecular formula is C15H24N2OS. The van der Waals surface area contributed by atoms with Crippen LogP contribution in [0.2, 0.25) is 0 Å². The van der Waals surface area contributed by atoms with Crippen LogP contribution in [0.1, 0.15) is 32.8 Å². The Balaban J connectivity index is 1.95. The summed E-state index contributed by atoms with van der Waals surface area (Å²) in [5.41, 5.74) is 1.30. The van der Waals surface area contributed by atoms with Crippen LogP contribution < -0.4 is 5.32 Å². The van der Waals surface area contributed by atoms with Gasteiger partial charge in [-0.05, 0) is 37.4 Å². The standard InChI is InChI=1S/C15H24N2OS/c1-11(2)9-16-10-13-5-4-7-17-15(13)19-14-6-8-18-12(14)3/h4-5,7,11-12,14,16H,6,8-10H2,1-3H3. The van der Waals surface area contributed by atoms with Crippen LogP contribution in [0.4, 0.5) is 0 Å². The van der Waals surface area contributed by atoms with Gasteiger partial charge in [-0.15, -0.1) is 0 Å². The smallest absolute Gasteiger partial charge is 0.101 e. The van der Waals surface area contributed by atoms with E-state index in [2.05, 4.69) is 37.1 Å². The molecule has 1 aromatic rings. The van der Waals surface area contributed by atoms with Gasteiger partial charge in [0.15, 0.2) is 0 Å². The summed E-state index contributed by atoms with van der Waals surface area (Å²) >= 11 is 1.87. The molecule has 106 valence electrons. The first-order chi connectivity index (χ1) is 9.16. The number of ether oxygens (including phenoxy) is 1. The molecule has 1 aromatic heterocycles. The first-order valence-corrected chi connectivity index (χ1v) is 7.97. The summed E-state index contributed by atoms with van der Waals surface area (Å²) in [7, 11) is 0. The molecule has 0 radical (unpaired) electrons. The van der Waals surface area contributed by atoms with Crippen molar-refractivity contribution in [3.8, 4) is 0 Å². The molecule has 1 fully saturated rings. The second kappa shape index (κ2) is 7.27. The Hall–Kier alpha value is -0.580. The van der Waals surface area contributed by atoms with E-state index < -0.39 is 0 Å². The lowest BCUT2D eigenvalue weighted by Crippen LogP contribution is -2.20. The van der Waals surface area contributed by atoms with Crippen LogP contribution in [0.5, 0.6) is 0 Å². The number of nitrogens with zero attached hydrogens (tertiary/aromatic N) is 1. The Morgan fingerprint density at radius 3 is 3.05 bits per heavy atom. The third kappa shape index (κ3) is 4.48. The summed E-state index contributed by atoms with van der Waals surface area (Å²) in [6.07, 6.45) is 3.35. The average molecular weight is 280 g/mol. The molecule has 0 bridgehead atoms. The molecule has 2 rings (SSSR count). The minimum Gasteiger partial charge on any atom is -0.377 e. The predicted molar refractivity (Wildman–Crippen MR) is 80.5 cm³/mol. The van der Waals surface area contributed by atoms with Crippen LogP contribution in [-0.4, -0.2) is 29.5 Å². The Bertz CT molecular complexity index is 397. The zero-order chi connectivity index (χ0) is 13.7. The van der Waals surface area contributed by atoms with E-state index in [1.165, 1.54) is 5.56 Å².